The van der Waals surface area contributed by atoms with Crippen LogP contribution < -0.4 is 15.2 Å². The number of anilines is 1. The maximum Gasteiger partial charge on any atom is 0.318 e. The van der Waals surface area contributed by atoms with Crippen molar-refractivity contribution in [3.63, 3.8) is 0 Å². The molecule has 1 aromatic carbocycles. The Morgan fingerprint density at radius 2 is 2.08 bits per heavy atom. The van der Waals surface area contributed by atoms with Gasteiger partial charge in [0.15, 0.2) is 17.4 Å². The predicted molar refractivity (Wildman–Crippen MR) is 140 cm³/mol. The summed E-state index contributed by atoms with van der Waals surface area (Å²) in [7, 11) is 1.81. The molecule has 37 heavy (non-hydrogen) atoms. The number of hydrogen-bond acceptors (Lipinski definition) is 8. The molecule has 2 N–H and O–H groups in total. The molecule has 0 saturated carbocycles. The van der Waals surface area contributed by atoms with Gasteiger partial charge in [-0.25, -0.2) is 18.8 Å². The highest BCUT2D eigenvalue weighted by Crippen LogP contribution is 2.26. The maximum absolute atomic E-state index is 14.4. The normalized spacial score (nSPS) is 18.1. The van der Waals surface area contributed by atoms with Gasteiger partial charge >= 0.3 is 6.01 Å². The molecule has 1 aromatic heterocycles. The number of likely N-dealkylation sites (tertiary alicyclic amines) is 1. The molecular weight excluding hydrogens is 480 g/mol. The number of hydrogen-bond donors (Lipinski definition) is 1. The lowest BCUT2D eigenvalue weighted by atomic mass is 10.1. The van der Waals surface area contributed by atoms with Gasteiger partial charge in [-0.05, 0) is 50.6 Å². The zero-order chi connectivity index (χ0) is 26.2. The Kier molecular flexibility index (Phi) is 8.99. The van der Waals surface area contributed by atoms with E-state index in [4.69, 9.17) is 15.2 Å². The molecule has 1 atom stereocenters. The minimum absolute atomic E-state index is 0.110. The molecule has 2 aliphatic heterocycles. The Labute approximate surface area is 215 Å². The molecule has 2 aromatic rings. The SMILES string of the molecule is CCOc1ncc(N=C(C2=CN=CC(F)C2)N(C)Cc2ccc(F)c(OCCN3CCCC3)c2)c(N)n1. The van der Waals surface area contributed by atoms with E-state index in [9.17, 15) is 8.78 Å². The first-order chi connectivity index (χ1) is 17.9. The van der Waals surface area contributed by atoms with Crippen molar-refractivity contribution < 1.29 is 18.3 Å². The van der Waals surface area contributed by atoms with Gasteiger partial charge in [0.25, 0.3) is 0 Å². The molecule has 0 amide bonds. The highest BCUT2D eigenvalue weighted by Gasteiger charge is 2.21. The number of benzene rings is 1. The van der Waals surface area contributed by atoms with E-state index in [1.54, 1.807) is 18.3 Å². The second-order valence-electron chi connectivity index (χ2n) is 8.98. The number of rotatable bonds is 10. The van der Waals surface area contributed by atoms with Crippen LogP contribution in [0.2, 0.25) is 0 Å². The lowest BCUT2D eigenvalue weighted by Crippen LogP contribution is -2.30. The first-order valence-electron chi connectivity index (χ1n) is 12.5. The molecule has 9 nitrogen and oxygen atoms in total. The van der Waals surface area contributed by atoms with Crippen molar-refractivity contribution in [1.82, 2.24) is 19.8 Å². The highest BCUT2D eigenvalue weighted by atomic mass is 19.1. The summed E-state index contributed by atoms with van der Waals surface area (Å²) in [6.45, 7) is 5.89. The fourth-order valence-corrected chi connectivity index (χ4v) is 4.26. The van der Waals surface area contributed by atoms with E-state index >= 15 is 0 Å². The Bertz CT molecular complexity index is 1170. The molecule has 1 unspecified atom stereocenters. The number of aliphatic imine (C=N–C) groups is 2. The zero-order valence-electron chi connectivity index (χ0n) is 21.2. The van der Waals surface area contributed by atoms with Crippen molar-refractivity contribution in [3.05, 3.63) is 47.5 Å². The van der Waals surface area contributed by atoms with Crippen LogP contribution in [0.15, 0.2) is 46.2 Å². The van der Waals surface area contributed by atoms with Crippen molar-refractivity contribution >= 4 is 23.6 Å². The van der Waals surface area contributed by atoms with E-state index in [2.05, 4.69) is 24.9 Å². The molecule has 1 fully saturated rings. The summed E-state index contributed by atoms with van der Waals surface area (Å²) < 4.78 is 39.7. The van der Waals surface area contributed by atoms with Gasteiger partial charge in [0, 0.05) is 44.5 Å². The van der Waals surface area contributed by atoms with Crippen LogP contribution >= 0.6 is 0 Å². The number of nitrogens with zero attached hydrogens (tertiary/aromatic N) is 6. The standard InChI is InChI=1S/C26H33F2N7O2/c1-3-36-26-31-16-22(24(29)33-26)32-25(19-13-20(27)15-30-14-19)34(2)17-18-6-7-21(28)23(12-18)37-11-10-35-8-4-5-9-35/h6-7,12,14-16,20H,3-5,8-11,13,17H2,1-2H3,(H2,29,31,33). The van der Waals surface area contributed by atoms with Gasteiger partial charge in [0.05, 0.1) is 12.8 Å². The number of nitrogens with two attached hydrogens (primary N) is 1. The van der Waals surface area contributed by atoms with Gasteiger partial charge in [-0.2, -0.15) is 4.98 Å². The van der Waals surface area contributed by atoms with Crippen molar-refractivity contribution in [2.45, 2.75) is 38.9 Å². The number of ether oxygens (including phenoxy) is 2. The number of aromatic nitrogens is 2. The molecular formula is C26H33F2N7O2. The average molecular weight is 514 g/mol. The van der Waals surface area contributed by atoms with E-state index in [0.29, 0.717) is 36.9 Å². The number of amidine groups is 1. The fraction of sp³-hybridized carbons (Fsp3) is 0.462. The number of halogens is 2. The van der Waals surface area contributed by atoms with Crippen LogP contribution in [0.5, 0.6) is 11.8 Å². The molecule has 0 bridgehead atoms. The molecule has 198 valence electrons. The van der Waals surface area contributed by atoms with E-state index in [0.717, 1.165) is 25.2 Å². The van der Waals surface area contributed by atoms with Gasteiger partial charge in [-0.1, -0.05) is 6.07 Å². The van der Waals surface area contributed by atoms with E-state index in [1.165, 1.54) is 31.3 Å². The summed E-state index contributed by atoms with van der Waals surface area (Å²) in [5.74, 6) is 0.389. The molecule has 11 heteroatoms. The third-order valence-electron chi connectivity index (χ3n) is 6.10. The second kappa shape index (κ2) is 12.6. The first kappa shape index (κ1) is 26.5. The average Bonchev–Trinajstić information content (AvgIpc) is 3.39. The fourth-order valence-electron chi connectivity index (χ4n) is 4.26. The van der Waals surface area contributed by atoms with Gasteiger partial charge in [-0.15, -0.1) is 0 Å². The molecule has 2 aliphatic rings. The monoisotopic (exact) mass is 513 g/mol. The largest absolute Gasteiger partial charge is 0.489 e. The van der Waals surface area contributed by atoms with Crippen LogP contribution in [0.25, 0.3) is 0 Å². The first-order valence-corrected chi connectivity index (χ1v) is 12.5. The maximum atomic E-state index is 14.4. The summed E-state index contributed by atoms with van der Waals surface area (Å²) in [5, 5.41) is 0. The number of nitrogen functional groups attached to an aromatic ring is 1. The lowest BCUT2D eigenvalue weighted by molar-refractivity contribution is 0.231. The molecule has 0 radical (unpaired) electrons. The van der Waals surface area contributed by atoms with Crippen molar-refractivity contribution in [2.75, 3.05) is 45.6 Å². The summed E-state index contributed by atoms with van der Waals surface area (Å²) in [5.41, 5.74) is 7.82. The minimum atomic E-state index is -1.23. The Morgan fingerprint density at radius 1 is 1.27 bits per heavy atom. The van der Waals surface area contributed by atoms with Crippen LogP contribution in [0, 0.1) is 5.82 Å². The predicted octanol–water partition coefficient (Wildman–Crippen LogP) is 3.93. The summed E-state index contributed by atoms with van der Waals surface area (Å²) in [4.78, 5) is 21.1. The Balaban J connectivity index is 1.53. The van der Waals surface area contributed by atoms with E-state index < -0.39 is 12.0 Å². The van der Waals surface area contributed by atoms with Crippen molar-refractivity contribution in [2.24, 2.45) is 9.98 Å². The van der Waals surface area contributed by atoms with Crippen LogP contribution in [0.4, 0.5) is 20.3 Å². The van der Waals surface area contributed by atoms with Crippen LogP contribution in [-0.2, 0) is 6.54 Å². The van der Waals surface area contributed by atoms with Crippen molar-refractivity contribution in [1.29, 1.82) is 0 Å². The van der Waals surface area contributed by atoms with Crippen molar-refractivity contribution in [3.8, 4) is 11.8 Å². The summed E-state index contributed by atoms with van der Waals surface area (Å²) in [6.07, 6.45) is 5.56. The smallest absolute Gasteiger partial charge is 0.318 e. The van der Waals surface area contributed by atoms with E-state index in [1.807, 2.05) is 18.9 Å². The number of likely N-dealkylation sites (N-methyl/N-ethyl adjacent to an activating group) is 1. The molecule has 0 aliphatic carbocycles. The van der Waals surface area contributed by atoms with Crippen LogP contribution in [0.3, 0.4) is 0 Å². The highest BCUT2D eigenvalue weighted by molar-refractivity contribution is 6.01. The quantitative estimate of drug-likeness (QED) is 0.379. The minimum Gasteiger partial charge on any atom is -0.489 e. The van der Waals surface area contributed by atoms with Crippen LogP contribution in [0.1, 0.15) is 31.7 Å². The van der Waals surface area contributed by atoms with E-state index in [-0.39, 0.29) is 24.0 Å². The van der Waals surface area contributed by atoms with Gasteiger partial charge in [-0.3, -0.25) is 9.89 Å². The van der Waals surface area contributed by atoms with Crippen LogP contribution in [-0.4, -0.2) is 77.9 Å². The molecule has 3 heterocycles. The third kappa shape index (κ3) is 7.22. The Hall–Kier alpha value is -3.60. The topological polar surface area (TPSA) is 101 Å². The van der Waals surface area contributed by atoms with Gasteiger partial charge < -0.3 is 20.1 Å². The van der Waals surface area contributed by atoms with Gasteiger partial charge in [0.2, 0.25) is 0 Å². The molecule has 0 spiro atoms. The lowest BCUT2D eigenvalue weighted by Gasteiger charge is -2.25. The van der Waals surface area contributed by atoms with Gasteiger partial charge in [0.1, 0.15) is 24.3 Å². The molecule has 1 saturated heterocycles. The second-order valence-corrected chi connectivity index (χ2v) is 8.98. The Morgan fingerprint density at radius 3 is 2.81 bits per heavy atom. The zero-order valence-corrected chi connectivity index (χ0v) is 21.2. The third-order valence-corrected chi connectivity index (χ3v) is 6.10. The summed E-state index contributed by atoms with van der Waals surface area (Å²) in [6, 6.07) is 4.93. The number of alkyl halides is 1. The molecule has 4 rings (SSSR count). The summed E-state index contributed by atoms with van der Waals surface area (Å²) >= 11 is 0.